The maximum absolute atomic E-state index is 12.7. The fourth-order valence-corrected chi connectivity index (χ4v) is 5.48. The topological polar surface area (TPSA) is 165 Å². The van der Waals surface area contributed by atoms with Gasteiger partial charge in [-0.1, -0.05) is 18.2 Å². The summed E-state index contributed by atoms with van der Waals surface area (Å²) in [4.78, 5) is 28.4. The van der Waals surface area contributed by atoms with Crippen LogP contribution in [-0.2, 0) is 21.2 Å². The van der Waals surface area contributed by atoms with Gasteiger partial charge in [-0.05, 0) is 43.7 Å². The first kappa shape index (κ1) is 26.0. The number of carbonyl (C=O) groups is 1. The molecule has 2 heterocycles. The predicted octanol–water partition coefficient (Wildman–Crippen LogP) is 3.58. The molecule has 0 fully saturated rings. The van der Waals surface area contributed by atoms with E-state index >= 15 is 0 Å². The summed E-state index contributed by atoms with van der Waals surface area (Å²) in [6, 6.07) is 10.9. The molecule has 37 heavy (non-hydrogen) atoms. The van der Waals surface area contributed by atoms with Gasteiger partial charge in [0.1, 0.15) is 12.4 Å². The first-order valence-electron chi connectivity index (χ1n) is 10.8. The van der Waals surface area contributed by atoms with E-state index in [0.717, 1.165) is 16.8 Å². The minimum atomic E-state index is -3.83. The second-order valence-electron chi connectivity index (χ2n) is 8.09. The van der Waals surface area contributed by atoms with Crippen LogP contribution in [0.2, 0.25) is 0 Å². The van der Waals surface area contributed by atoms with E-state index in [0.29, 0.717) is 16.9 Å². The predicted molar refractivity (Wildman–Crippen MR) is 139 cm³/mol. The van der Waals surface area contributed by atoms with Gasteiger partial charge < -0.3 is 9.47 Å². The maximum atomic E-state index is 12.7. The van der Waals surface area contributed by atoms with Gasteiger partial charge in [0.25, 0.3) is 11.6 Å². The lowest BCUT2D eigenvalue weighted by Crippen LogP contribution is -2.46. The molecule has 0 saturated carbocycles. The van der Waals surface area contributed by atoms with Gasteiger partial charge in [-0.3, -0.25) is 20.3 Å². The molecule has 192 valence electrons. The highest BCUT2D eigenvalue weighted by molar-refractivity contribution is 8.16. The van der Waals surface area contributed by atoms with E-state index in [9.17, 15) is 23.3 Å². The largest absolute Gasteiger partial charge is 0.493 e. The molecule has 4 rings (SSSR count). The summed E-state index contributed by atoms with van der Waals surface area (Å²) in [5.74, 6) is -0.480. The molecule has 0 unspecified atom stereocenters. The molecule has 0 aliphatic carbocycles. The number of aliphatic imine (C=N–C) groups is 1. The van der Waals surface area contributed by atoms with Crippen molar-refractivity contribution in [2.24, 2.45) is 9.39 Å². The van der Waals surface area contributed by atoms with Crippen LogP contribution in [0.3, 0.4) is 0 Å². The smallest absolute Gasteiger partial charge is 0.283 e. The normalized spacial score (nSPS) is 16.5. The van der Waals surface area contributed by atoms with Crippen LogP contribution < -0.4 is 9.47 Å². The Bertz CT molecular complexity index is 1510. The number of amides is 1. The lowest BCUT2D eigenvalue weighted by atomic mass is 10.1. The Morgan fingerprint density at radius 3 is 2.62 bits per heavy atom. The molecule has 0 spiro atoms. The van der Waals surface area contributed by atoms with Crippen molar-refractivity contribution >= 4 is 55.6 Å². The summed E-state index contributed by atoms with van der Waals surface area (Å²) in [6.07, 6.45) is 1.39. The van der Waals surface area contributed by atoms with Gasteiger partial charge in [0.15, 0.2) is 11.5 Å². The third-order valence-electron chi connectivity index (χ3n) is 5.44. The highest BCUT2D eigenvalue weighted by Crippen LogP contribution is 2.33. The lowest BCUT2D eigenvalue weighted by molar-refractivity contribution is -0.385. The fourth-order valence-electron chi connectivity index (χ4n) is 3.42. The Kier molecular flexibility index (Phi) is 7.14. The van der Waals surface area contributed by atoms with E-state index in [4.69, 9.17) is 14.9 Å². The monoisotopic (exact) mass is 543 g/mol. The number of benzene rings is 2. The van der Waals surface area contributed by atoms with E-state index in [2.05, 4.69) is 9.39 Å². The summed E-state index contributed by atoms with van der Waals surface area (Å²) < 4.78 is 40.5. The molecule has 1 amide bonds. The Morgan fingerprint density at radius 1 is 1.22 bits per heavy atom. The number of fused-ring (bicyclic) bond motifs is 1. The van der Waals surface area contributed by atoms with Gasteiger partial charge in [-0.2, -0.15) is 9.39 Å². The van der Waals surface area contributed by atoms with Crippen molar-refractivity contribution in [3.63, 3.8) is 0 Å². The van der Waals surface area contributed by atoms with Gasteiger partial charge in [-0.25, -0.2) is 13.3 Å². The number of amidine groups is 3. The standard InChI is InChI=1S/C23H21N5O7S2/c1-13(2)37(32,33)23-26-36-22-25-21(29)16(20(24)27(22)23)10-14-8-9-18(19(11-14)34-3)35-12-15-6-4-5-7-17(15)28(30)31/h4-11,13,24H,12H2,1-3H3/b16-10-,24-20?. The summed E-state index contributed by atoms with van der Waals surface area (Å²) >= 11 is 0.726. The van der Waals surface area contributed by atoms with Gasteiger partial charge in [0.2, 0.25) is 20.2 Å². The zero-order valence-electron chi connectivity index (χ0n) is 19.9. The zero-order valence-corrected chi connectivity index (χ0v) is 21.5. The van der Waals surface area contributed by atoms with Crippen LogP contribution in [0.4, 0.5) is 5.69 Å². The lowest BCUT2D eigenvalue weighted by Gasteiger charge is -2.25. The summed E-state index contributed by atoms with van der Waals surface area (Å²) in [5.41, 5.74) is 0.639. The van der Waals surface area contributed by atoms with Crippen molar-refractivity contribution in [3.8, 4) is 11.5 Å². The van der Waals surface area contributed by atoms with Crippen LogP contribution in [0.25, 0.3) is 6.08 Å². The quantitative estimate of drug-likeness (QED) is 0.238. The number of para-hydroxylation sites is 1. The molecule has 2 aliphatic heterocycles. The van der Waals surface area contributed by atoms with Gasteiger partial charge in [-0.15, -0.1) is 0 Å². The fraction of sp³-hybridized carbons (Fsp3) is 0.217. The Balaban J connectivity index is 1.61. The highest BCUT2D eigenvalue weighted by atomic mass is 32.2. The number of methoxy groups -OCH3 is 1. The van der Waals surface area contributed by atoms with Crippen molar-refractivity contribution in [1.82, 2.24) is 4.90 Å². The van der Waals surface area contributed by atoms with E-state index < -0.39 is 25.9 Å². The summed E-state index contributed by atoms with van der Waals surface area (Å²) in [5, 5.41) is 18.7. The molecule has 0 atom stereocenters. The number of nitro benzene ring substituents is 1. The molecule has 1 N–H and O–H groups in total. The number of carbonyl (C=O) groups excluding carboxylic acids is 1. The van der Waals surface area contributed by atoms with Gasteiger partial charge in [0, 0.05) is 6.07 Å². The minimum absolute atomic E-state index is 0.00251. The number of nitro groups is 1. The molecular formula is C23H21N5O7S2. The molecule has 2 aromatic rings. The van der Waals surface area contributed by atoms with Crippen molar-refractivity contribution in [3.05, 3.63) is 69.3 Å². The molecule has 0 aromatic heterocycles. The SMILES string of the molecule is COc1cc(/C=C2/C(=N)N3C(=NC2=O)SN=C3S(=O)(=O)C(C)C)ccc1OCc1ccccc1[N+](=O)[O-]. The van der Waals surface area contributed by atoms with Crippen LogP contribution >= 0.6 is 11.9 Å². The Morgan fingerprint density at radius 2 is 1.95 bits per heavy atom. The summed E-state index contributed by atoms with van der Waals surface area (Å²) in [6.45, 7) is 2.92. The maximum Gasteiger partial charge on any atom is 0.283 e. The van der Waals surface area contributed by atoms with E-state index in [1.807, 2.05) is 0 Å². The molecule has 0 bridgehead atoms. The average molecular weight is 544 g/mol. The Labute approximate surface area is 216 Å². The molecule has 2 aliphatic rings. The van der Waals surface area contributed by atoms with Crippen molar-refractivity contribution in [2.45, 2.75) is 25.7 Å². The third-order valence-corrected chi connectivity index (χ3v) is 8.28. The Hall–Kier alpha value is -4.04. The van der Waals surface area contributed by atoms with Crippen LogP contribution in [0.5, 0.6) is 11.5 Å². The number of rotatable bonds is 7. The molecular weight excluding hydrogens is 522 g/mol. The number of hydrogen-bond donors (Lipinski definition) is 1. The molecule has 12 nitrogen and oxygen atoms in total. The van der Waals surface area contributed by atoms with Crippen LogP contribution in [0.15, 0.2) is 57.4 Å². The van der Waals surface area contributed by atoms with E-state index in [1.54, 1.807) is 36.4 Å². The third kappa shape index (κ3) is 4.97. The number of sulfone groups is 1. The second-order valence-corrected chi connectivity index (χ2v) is 11.2. The van der Waals surface area contributed by atoms with Gasteiger partial charge >= 0.3 is 0 Å². The first-order valence-corrected chi connectivity index (χ1v) is 13.1. The molecule has 14 heteroatoms. The second kappa shape index (κ2) is 10.1. The first-order chi connectivity index (χ1) is 17.5. The number of ether oxygens (including phenoxy) is 2. The number of hydrogen-bond acceptors (Lipinski definition) is 10. The van der Waals surface area contributed by atoms with Crippen LogP contribution in [0, 0.1) is 15.5 Å². The van der Waals surface area contributed by atoms with E-state index in [1.165, 1.54) is 33.1 Å². The minimum Gasteiger partial charge on any atom is -0.493 e. The molecule has 2 aromatic carbocycles. The number of nitrogens with one attached hydrogen (secondary N) is 1. The highest BCUT2D eigenvalue weighted by Gasteiger charge is 2.43. The zero-order chi connectivity index (χ0) is 26.9. The van der Waals surface area contributed by atoms with Crippen LogP contribution in [-0.4, -0.2) is 52.7 Å². The van der Waals surface area contributed by atoms with Crippen LogP contribution in [0.1, 0.15) is 25.0 Å². The summed E-state index contributed by atoms with van der Waals surface area (Å²) in [7, 11) is -2.42. The average Bonchev–Trinajstić information content (AvgIpc) is 3.30. The van der Waals surface area contributed by atoms with Gasteiger partial charge in [0.05, 0.1) is 40.4 Å². The molecule has 0 saturated heterocycles. The van der Waals surface area contributed by atoms with Crippen molar-refractivity contribution < 1.29 is 27.6 Å². The van der Waals surface area contributed by atoms with Crippen molar-refractivity contribution in [1.29, 1.82) is 5.41 Å². The van der Waals surface area contributed by atoms with Crippen molar-refractivity contribution in [2.75, 3.05) is 7.11 Å². The number of nitrogens with zero attached hydrogens (tertiary/aromatic N) is 4. The molecule has 0 radical (unpaired) electrons. The van der Waals surface area contributed by atoms with E-state index in [-0.39, 0.29) is 39.8 Å².